The molecule has 0 saturated carbocycles. The van der Waals surface area contributed by atoms with E-state index in [4.69, 9.17) is 0 Å². The number of carbonyl (C=O) groups is 1. The lowest BCUT2D eigenvalue weighted by Crippen LogP contribution is -2.28. The van der Waals surface area contributed by atoms with Crippen LogP contribution in [0.1, 0.15) is 30.4 Å². The second-order valence-electron chi connectivity index (χ2n) is 2.89. The van der Waals surface area contributed by atoms with Gasteiger partial charge >= 0.3 is 0 Å². The first kappa shape index (κ1) is 10.4. The zero-order valence-electron chi connectivity index (χ0n) is 8.04. The van der Waals surface area contributed by atoms with Gasteiger partial charge in [-0.15, -0.1) is 0 Å². The van der Waals surface area contributed by atoms with Crippen molar-refractivity contribution >= 4 is 5.91 Å². The maximum absolute atomic E-state index is 11.3. The van der Waals surface area contributed by atoms with E-state index in [1.807, 2.05) is 6.92 Å². The van der Waals surface area contributed by atoms with Crippen LogP contribution in [0.15, 0.2) is 17.1 Å². The molecule has 0 bridgehead atoms. The van der Waals surface area contributed by atoms with Gasteiger partial charge < -0.3 is 10.3 Å². The third-order valence-corrected chi connectivity index (χ3v) is 1.70. The fourth-order valence-corrected chi connectivity index (χ4v) is 0.948. The molecule has 1 heterocycles. The Bertz CT molecular complexity index is 359. The minimum atomic E-state index is -0.337. The van der Waals surface area contributed by atoms with Crippen LogP contribution in [0, 0.1) is 0 Å². The highest BCUT2D eigenvalue weighted by atomic mass is 16.2. The molecular formula is C9H13N3O2. The molecule has 0 fully saturated rings. The predicted octanol–water partition coefficient (Wildman–Crippen LogP) is 0.300. The van der Waals surface area contributed by atoms with E-state index in [2.05, 4.69) is 15.3 Å². The Hall–Kier alpha value is -1.65. The van der Waals surface area contributed by atoms with Crippen LogP contribution in [-0.4, -0.2) is 22.4 Å². The van der Waals surface area contributed by atoms with Crippen LogP contribution in [0.5, 0.6) is 0 Å². The summed E-state index contributed by atoms with van der Waals surface area (Å²) in [6, 6.07) is 1.27. The Morgan fingerprint density at radius 3 is 3.07 bits per heavy atom. The summed E-state index contributed by atoms with van der Waals surface area (Å²) in [5.74, 6) is -0.273. The van der Waals surface area contributed by atoms with Gasteiger partial charge in [0.25, 0.3) is 11.5 Å². The lowest BCUT2D eigenvalue weighted by Gasteiger charge is -2.01. The van der Waals surface area contributed by atoms with Gasteiger partial charge in [-0.3, -0.25) is 9.59 Å². The molecule has 5 nitrogen and oxygen atoms in total. The van der Waals surface area contributed by atoms with Crippen LogP contribution in [0.2, 0.25) is 0 Å². The van der Waals surface area contributed by atoms with Crippen molar-refractivity contribution < 1.29 is 4.79 Å². The third kappa shape index (κ3) is 3.01. The SMILES string of the molecule is CCCCNC(=O)c1nccc(=O)[nH]1. The van der Waals surface area contributed by atoms with E-state index in [9.17, 15) is 9.59 Å². The molecule has 0 aliphatic rings. The van der Waals surface area contributed by atoms with Crippen LogP contribution in [-0.2, 0) is 0 Å². The highest BCUT2D eigenvalue weighted by molar-refractivity contribution is 5.90. The van der Waals surface area contributed by atoms with E-state index in [-0.39, 0.29) is 17.3 Å². The van der Waals surface area contributed by atoms with Gasteiger partial charge in [0.05, 0.1) is 0 Å². The Labute approximate surface area is 81.6 Å². The van der Waals surface area contributed by atoms with Crippen molar-refractivity contribution in [3.05, 3.63) is 28.4 Å². The molecule has 5 heteroatoms. The zero-order valence-corrected chi connectivity index (χ0v) is 8.04. The molecule has 0 saturated heterocycles. The average Bonchev–Trinajstić information content (AvgIpc) is 2.18. The lowest BCUT2D eigenvalue weighted by atomic mass is 10.3. The number of unbranched alkanes of at least 4 members (excludes halogenated alkanes) is 1. The number of hydrogen-bond acceptors (Lipinski definition) is 3. The molecule has 0 aliphatic heterocycles. The third-order valence-electron chi connectivity index (χ3n) is 1.70. The predicted molar refractivity (Wildman–Crippen MR) is 52.1 cm³/mol. The maximum Gasteiger partial charge on any atom is 0.287 e. The number of nitrogens with zero attached hydrogens (tertiary/aromatic N) is 1. The number of rotatable bonds is 4. The van der Waals surface area contributed by atoms with Gasteiger partial charge in [-0.25, -0.2) is 4.98 Å². The standard InChI is InChI=1S/C9H13N3O2/c1-2-3-5-11-9(14)8-10-6-4-7(13)12-8/h4,6H,2-3,5H2,1H3,(H,11,14)(H,10,12,13). The second kappa shape index (κ2) is 5.16. The van der Waals surface area contributed by atoms with Crippen LogP contribution in [0.3, 0.4) is 0 Å². The maximum atomic E-state index is 11.3. The van der Waals surface area contributed by atoms with E-state index < -0.39 is 0 Å². The molecule has 0 aliphatic carbocycles. The molecule has 0 radical (unpaired) electrons. The van der Waals surface area contributed by atoms with Crippen LogP contribution < -0.4 is 10.9 Å². The molecule has 1 aromatic rings. The van der Waals surface area contributed by atoms with E-state index in [0.717, 1.165) is 12.8 Å². The Morgan fingerprint density at radius 2 is 2.43 bits per heavy atom. The molecule has 2 N–H and O–H groups in total. The Balaban J connectivity index is 2.56. The highest BCUT2D eigenvalue weighted by Crippen LogP contribution is 1.86. The number of amides is 1. The fourth-order valence-electron chi connectivity index (χ4n) is 0.948. The van der Waals surface area contributed by atoms with Gasteiger partial charge in [0.1, 0.15) is 0 Å². The molecule has 0 spiro atoms. The van der Waals surface area contributed by atoms with Crippen molar-refractivity contribution in [2.75, 3.05) is 6.54 Å². The van der Waals surface area contributed by atoms with E-state index in [1.165, 1.54) is 12.3 Å². The number of aromatic nitrogens is 2. The van der Waals surface area contributed by atoms with Gasteiger partial charge in [0.15, 0.2) is 5.82 Å². The summed E-state index contributed by atoms with van der Waals surface area (Å²) in [6.45, 7) is 2.64. The van der Waals surface area contributed by atoms with Crippen molar-refractivity contribution in [3.8, 4) is 0 Å². The van der Waals surface area contributed by atoms with Crippen molar-refractivity contribution in [2.45, 2.75) is 19.8 Å². The largest absolute Gasteiger partial charge is 0.349 e. The summed E-state index contributed by atoms with van der Waals surface area (Å²) in [4.78, 5) is 28.3. The first-order valence-electron chi connectivity index (χ1n) is 4.57. The average molecular weight is 195 g/mol. The molecule has 76 valence electrons. The van der Waals surface area contributed by atoms with Gasteiger partial charge in [-0.2, -0.15) is 0 Å². The van der Waals surface area contributed by atoms with Crippen LogP contribution in [0.4, 0.5) is 0 Å². The first-order valence-corrected chi connectivity index (χ1v) is 4.57. The van der Waals surface area contributed by atoms with E-state index in [1.54, 1.807) is 0 Å². The first-order chi connectivity index (χ1) is 6.74. The topological polar surface area (TPSA) is 74.8 Å². The summed E-state index contributed by atoms with van der Waals surface area (Å²) in [6.07, 6.45) is 3.25. The summed E-state index contributed by atoms with van der Waals surface area (Å²) in [5, 5.41) is 2.66. The van der Waals surface area contributed by atoms with Gasteiger partial charge in [0, 0.05) is 18.8 Å². The van der Waals surface area contributed by atoms with Crippen molar-refractivity contribution in [1.29, 1.82) is 0 Å². The minimum Gasteiger partial charge on any atom is -0.349 e. The monoisotopic (exact) mass is 195 g/mol. The fraction of sp³-hybridized carbons (Fsp3) is 0.444. The van der Waals surface area contributed by atoms with Gasteiger partial charge in [-0.05, 0) is 6.42 Å². The smallest absolute Gasteiger partial charge is 0.287 e. The molecule has 14 heavy (non-hydrogen) atoms. The van der Waals surface area contributed by atoms with Crippen molar-refractivity contribution in [1.82, 2.24) is 15.3 Å². The molecule has 0 atom stereocenters. The molecule has 1 aromatic heterocycles. The van der Waals surface area contributed by atoms with Gasteiger partial charge in [-0.1, -0.05) is 13.3 Å². The van der Waals surface area contributed by atoms with Crippen molar-refractivity contribution in [2.24, 2.45) is 0 Å². The van der Waals surface area contributed by atoms with E-state index >= 15 is 0 Å². The zero-order chi connectivity index (χ0) is 10.4. The Kier molecular flexibility index (Phi) is 3.84. The summed E-state index contributed by atoms with van der Waals surface area (Å²) >= 11 is 0. The molecule has 1 amide bonds. The summed E-state index contributed by atoms with van der Waals surface area (Å²) in [5.41, 5.74) is -0.319. The summed E-state index contributed by atoms with van der Waals surface area (Å²) in [7, 11) is 0. The quantitative estimate of drug-likeness (QED) is 0.678. The van der Waals surface area contributed by atoms with Crippen LogP contribution >= 0.6 is 0 Å². The molecular weight excluding hydrogens is 182 g/mol. The number of aromatic amines is 1. The van der Waals surface area contributed by atoms with E-state index in [0.29, 0.717) is 6.54 Å². The Morgan fingerprint density at radius 1 is 1.64 bits per heavy atom. The second-order valence-corrected chi connectivity index (χ2v) is 2.89. The van der Waals surface area contributed by atoms with Crippen LogP contribution in [0.25, 0.3) is 0 Å². The lowest BCUT2D eigenvalue weighted by molar-refractivity contribution is 0.0942. The number of nitrogens with one attached hydrogen (secondary N) is 2. The number of hydrogen-bond donors (Lipinski definition) is 2. The normalized spacial score (nSPS) is 9.79. The minimum absolute atomic E-state index is 0.0635. The molecule has 0 aromatic carbocycles. The molecule has 0 unspecified atom stereocenters. The van der Waals surface area contributed by atoms with Gasteiger partial charge in [0.2, 0.25) is 0 Å². The molecule has 1 rings (SSSR count). The number of H-pyrrole nitrogens is 1. The van der Waals surface area contributed by atoms with Crippen molar-refractivity contribution in [3.63, 3.8) is 0 Å². The number of carbonyl (C=O) groups excluding carboxylic acids is 1. The summed E-state index contributed by atoms with van der Waals surface area (Å²) < 4.78 is 0. The highest BCUT2D eigenvalue weighted by Gasteiger charge is 2.05.